The summed E-state index contributed by atoms with van der Waals surface area (Å²) in [5, 5.41) is 15.2. The van der Waals surface area contributed by atoms with Crippen molar-refractivity contribution in [1.82, 2.24) is 10.6 Å². The van der Waals surface area contributed by atoms with Crippen molar-refractivity contribution < 1.29 is 23.5 Å². The maximum atomic E-state index is 13.1. The van der Waals surface area contributed by atoms with E-state index in [1.165, 1.54) is 49.4 Å². The van der Waals surface area contributed by atoms with Gasteiger partial charge < -0.3 is 15.7 Å². The van der Waals surface area contributed by atoms with Crippen molar-refractivity contribution in [3.8, 4) is 0 Å². The highest BCUT2D eigenvalue weighted by Gasteiger charge is 2.23. The van der Waals surface area contributed by atoms with E-state index in [-0.39, 0.29) is 18.7 Å². The molecule has 0 aliphatic rings. The van der Waals surface area contributed by atoms with E-state index in [1.54, 1.807) is 0 Å². The predicted molar refractivity (Wildman–Crippen MR) is 87.7 cm³/mol. The van der Waals surface area contributed by atoms with Crippen molar-refractivity contribution in [2.24, 2.45) is 0 Å². The van der Waals surface area contributed by atoms with Gasteiger partial charge in [-0.15, -0.1) is 0 Å². The second kappa shape index (κ2) is 7.85. The van der Waals surface area contributed by atoms with Gasteiger partial charge in [-0.1, -0.05) is 18.2 Å². The number of hydrogen-bond donors (Lipinski definition) is 3. The lowest BCUT2D eigenvalue weighted by Crippen LogP contribution is -2.43. The fraction of sp³-hybridized carbons (Fsp3) is 0.222. The minimum Gasteiger partial charge on any atom is -0.384 e. The number of amides is 2. The summed E-state index contributed by atoms with van der Waals surface area (Å²) in [6.45, 7) is 1.04. The molecule has 132 valence electrons. The summed E-state index contributed by atoms with van der Waals surface area (Å²) in [7, 11) is 0. The molecule has 0 unspecified atom stereocenters. The van der Waals surface area contributed by atoms with Gasteiger partial charge in [0, 0.05) is 5.56 Å². The molecule has 0 heterocycles. The van der Waals surface area contributed by atoms with E-state index in [0.717, 1.165) is 6.07 Å². The lowest BCUT2D eigenvalue weighted by Gasteiger charge is -2.24. The molecule has 0 saturated heterocycles. The Morgan fingerprint density at radius 3 is 2.36 bits per heavy atom. The Bertz CT molecular complexity index is 761. The molecule has 0 saturated carbocycles. The summed E-state index contributed by atoms with van der Waals surface area (Å²) in [4.78, 5) is 23.6. The molecule has 2 aromatic rings. The third-order valence-electron chi connectivity index (χ3n) is 3.59. The van der Waals surface area contributed by atoms with Gasteiger partial charge in [0.05, 0.1) is 13.1 Å². The molecule has 0 aliphatic heterocycles. The maximum absolute atomic E-state index is 13.1. The molecule has 7 heteroatoms. The molecule has 2 aromatic carbocycles. The van der Waals surface area contributed by atoms with Crippen LogP contribution < -0.4 is 10.6 Å². The van der Waals surface area contributed by atoms with Crippen molar-refractivity contribution in [3.05, 3.63) is 71.3 Å². The predicted octanol–water partition coefficient (Wildman–Crippen LogP) is 1.72. The zero-order chi connectivity index (χ0) is 18.4. The van der Waals surface area contributed by atoms with Gasteiger partial charge in [0.1, 0.15) is 17.2 Å². The third kappa shape index (κ3) is 5.36. The van der Waals surface area contributed by atoms with Crippen molar-refractivity contribution in [3.63, 3.8) is 0 Å². The minimum absolute atomic E-state index is 0.103. The Kier molecular flexibility index (Phi) is 5.82. The van der Waals surface area contributed by atoms with Gasteiger partial charge in [0.15, 0.2) is 0 Å². The summed E-state index contributed by atoms with van der Waals surface area (Å²) in [5.41, 5.74) is -0.847. The highest BCUT2D eigenvalue weighted by atomic mass is 19.1. The number of carbonyl (C=O) groups excluding carboxylic acids is 2. The monoisotopic (exact) mass is 348 g/mol. The highest BCUT2D eigenvalue weighted by molar-refractivity contribution is 5.96. The van der Waals surface area contributed by atoms with Gasteiger partial charge >= 0.3 is 0 Å². The van der Waals surface area contributed by atoms with Crippen LogP contribution in [0, 0.1) is 11.6 Å². The van der Waals surface area contributed by atoms with Gasteiger partial charge in [-0.3, -0.25) is 9.59 Å². The molecule has 25 heavy (non-hydrogen) atoms. The smallest absolute Gasteiger partial charge is 0.251 e. The fourth-order valence-electron chi connectivity index (χ4n) is 2.14. The Labute approximate surface area is 143 Å². The normalized spacial score (nSPS) is 13.0. The number of halogens is 2. The zero-order valence-corrected chi connectivity index (χ0v) is 13.6. The number of benzene rings is 2. The van der Waals surface area contributed by atoms with E-state index in [4.69, 9.17) is 0 Å². The van der Waals surface area contributed by atoms with Gasteiger partial charge in [-0.05, 0) is 42.8 Å². The third-order valence-corrected chi connectivity index (χ3v) is 3.59. The zero-order valence-electron chi connectivity index (χ0n) is 13.6. The van der Waals surface area contributed by atoms with E-state index >= 15 is 0 Å². The molecule has 2 rings (SSSR count). The van der Waals surface area contributed by atoms with E-state index in [2.05, 4.69) is 10.6 Å². The number of nitrogens with one attached hydrogen (secondary N) is 2. The Morgan fingerprint density at radius 1 is 1.04 bits per heavy atom. The minimum atomic E-state index is -1.39. The van der Waals surface area contributed by atoms with E-state index in [1.807, 2.05) is 0 Å². The maximum Gasteiger partial charge on any atom is 0.251 e. The van der Waals surface area contributed by atoms with Crippen LogP contribution in [0.4, 0.5) is 8.78 Å². The fourth-order valence-corrected chi connectivity index (χ4v) is 2.14. The van der Waals surface area contributed by atoms with Gasteiger partial charge in [-0.25, -0.2) is 8.78 Å². The Balaban J connectivity index is 1.84. The highest BCUT2D eigenvalue weighted by Crippen LogP contribution is 2.19. The molecule has 0 aliphatic carbocycles. The van der Waals surface area contributed by atoms with Crippen LogP contribution in [-0.2, 0) is 10.4 Å². The van der Waals surface area contributed by atoms with Gasteiger partial charge in [-0.2, -0.15) is 0 Å². The molecule has 5 nitrogen and oxygen atoms in total. The Morgan fingerprint density at radius 2 is 1.72 bits per heavy atom. The van der Waals surface area contributed by atoms with Crippen molar-refractivity contribution in [1.29, 1.82) is 0 Å². The number of carbonyl (C=O) groups is 2. The molecule has 0 fully saturated rings. The van der Waals surface area contributed by atoms with Crippen LogP contribution in [0.1, 0.15) is 22.8 Å². The first-order chi connectivity index (χ1) is 11.8. The van der Waals surface area contributed by atoms with Crippen molar-refractivity contribution >= 4 is 11.8 Å². The summed E-state index contributed by atoms with van der Waals surface area (Å²) >= 11 is 0. The summed E-state index contributed by atoms with van der Waals surface area (Å²) in [6, 6.07) is 10.4. The number of hydrogen-bond acceptors (Lipinski definition) is 3. The van der Waals surface area contributed by atoms with Crippen LogP contribution in [0.3, 0.4) is 0 Å². The van der Waals surface area contributed by atoms with Gasteiger partial charge in [0.25, 0.3) is 5.91 Å². The van der Waals surface area contributed by atoms with Crippen molar-refractivity contribution in [2.75, 3.05) is 13.1 Å². The second-order valence-electron chi connectivity index (χ2n) is 5.75. The molecular weight excluding hydrogens is 330 g/mol. The lowest BCUT2D eigenvalue weighted by molar-refractivity contribution is -0.121. The van der Waals surface area contributed by atoms with Crippen LogP contribution in [-0.4, -0.2) is 30.0 Å². The average Bonchev–Trinajstić information content (AvgIpc) is 2.58. The van der Waals surface area contributed by atoms with Crippen LogP contribution in [0.25, 0.3) is 0 Å². The van der Waals surface area contributed by atoms with Crippen LogP contribution >= 0.6 is 0 Å². The number of aliphatic hydroxyl groups is 1. The van der Waals surface area contributed by atoms with Gasteiger partial charge in [0.2, 0.25) is 5.91 Å². The molecule has 0 radical (unpaired) electrons. The lowest BCUT2D eigenvalue weighted by atomic mass is 9.96. The molecule has 0 bridgehead atoms. The van der Waals surface area contributed by atoms with Crippen molar-refractivity contribution in [2.45, 2.75) is 12.5 Å². The molecule has 3 N–H and O–H groups in total. The Hall–Kier alpha value is -2.80. The SMILES string of the molecule is C[C@@](O)(CNC(=O)CNC(=O)c1cccc(F)c1)c1ccc(F)cc1. The van der Waals surface area contributed by atoms with E-state index in [0.29, 0.717) is 5.56 Å². The first kappa shape index (κ1) is 18.5. The summed E-state index contributed by atoms with van der Waals surface area (Å²) < 4.78 is 26.0. The second-order valence-corrected chi connectivity index (χ2v) is 5.75. The van der Waals surface area contributed by atoms with Crippen LogP contribution in [0.15, 0.2) is 48.5 Å². The van der Waals surface area contributed by atoms with Crippen LogP contribution in [0.2, 0.25) is 0 Å². The van der Waals surface area contributed by atoms with E-state index < -0.39 is 29.0 Å². The topological polar surface area (TPSA) is 78.4 Å². The standard InChI is InChI=1S/C18H18F2N2O3/c1-18(25,13-5-7-14(19)8-6-13)11-22-16(23)10-21-17(24)12-3-2-4-15(20)9-12/h2-9,25H,10-11H2,1H3,(H,21,24)(H,22,23)/t18-/m1/s1. The average molecular weight is 348 g/mol. The van der Waals surface area contributed by atoms with Crippen LogP contribution in [0.5, 0.6) is 0 Å². The quantitative estimate of drug-likeness (QED) is 0.744. The summed E-state index contributed by atoms with van der Waals surface area (Å²) in [5.74, 6) is -2.08. The largest absolute Gasteiger partial charge is 0.384 e. The first-order valence-electron chi connectivity index (χ1n) is 7.57. The number of rotatable bonds is 6. The van der Waals surface area contributed by atoms with E-state index in [9.17, 15) is 23.5 Å². The first-order valence-corrected chi connectivity index (χ1v) is 7.57. The molecule has 0 aromatic heterocycles. The molecule has 1 atom stereocenters. The summed E-state index contributed by atoms with van der Waals surface area (Å²) in [6.07, 6.45) is 0. The molecule has 2 amide bonds. The molecule has 0 spiro atoms. The molecular formula is C18H18F2N2O3.